The van der Waals surface area contributed by atoms with E-state index in [0.29, 0.717) is 16.9 Å². The van der Waals surface area contributed by atoms with Crippen molar-refractivity contribution >= 4 is 17.4 Å². The molecule has 2 unspecified atom stereocenters. The highest BCUT2D eigenvalue weighted by Crippen LogP contribution is 2.61. The number of primary amides is 1. The Morgan fingerprint density at radius 3 is 2.60 bits per heavy atom. The number of aromatic nitrogens is 1. The number of aliphatic hydroxyl groups is 1. The normalized spacial score (nSPS) is 23.8. The highest BCUT2D eigenvalue weighted by molar-refractivity contribution is 6.14. The molecule has 5 N–H and O–H groups in total. The molecule has 3 aromatic rings. The van der Waals surface area contributed by atoms with Crippen molar-refractivity contribution in [2.45, 2.75) is 31.1 Å². The third-order valence-electron chi connectivity index (χ3n) is 6.19. The van der Waals surface area contributed by atoms with E-state index in [2.05, 4.69) is 0 Å². The molecule has 30 heavy (non-hydrogen) atoms. The zero-order valence-electron chi connectivity index (χ0n) is 16.5. The standard InChI is InChI=1S/C23H21N3O4/c1-12(2)13-6-7-15-18(10-13)30-23(29)16-4-3-5-17(24)19(16)20(27)22(15,23)26-9-8-14(11-26)21(25)28/h3-12,29H,24H2,1-2H3,(H2,25,28). The molecular formula is C23H21N3O4. The number of hydrogen-bond donors (Lipinski definition) is 3. The molecule has 5 rings (SSSR count). The first-order valence-electron chi connectivity index (χ1n) is 9.69. The van der Waals surface area contributed by atoms with Gasteiger partial charge in [0.1, 0.15) is 5.75 Å². The monoisotopic (exact) mass is 403 g/mol. The number of anilines is 1. The maximum atomic E-state index is 13.9. The van der Waals surface area contributed by atoms with E-state index >= 15 is 0 Å². The van der Waals surface area contributed by atoms with Crippen LogP contribution in [-0.4, -0.2) is 21.4 Å². The van der Waals surface area contributed by atoms with E-state index in [9.17, 15) is 14.7 Å². The summed E-state index contributed by atoms with van der Waals surface area (Å²) in [4.78, 5) is 25.7. The molecule has 0 fully saturated rings. The minimum absolute atomic E-state index is 0.216. The number of carbonyl (C=O) groups excluding carboxylic acids is 2. The van der Waals surface area contributed by atoms with E-state index in [1.807, 2.05) is 26.0 Å². The lowest BCUT2D eigenvalue weighted by molar-refractivity contribution is -0.170. The zero-order valence-corrected chi connectivity index (χ0v) is 16.5. The number of hydrogen-bond acceptors (Lipinski definition) is 5. The number of nitrogen functional groups attached to an aromatic ring is 1. The Morgan fingerprint density at radius 2 is 1.93 bits per heavy atom. The third-order valence-corrected chi connectivity index (χ3v) is 6.19. The van der Waals surface area contributed by atoms with Crippen molar-refractivity contribution in [3.05, 3.63) is 82.7 Å². The minimum Gasteiger partial charge on any atom is -0.454 e. The highest BCUT2D eigenvalue weighted by Gasteiger charge is 2.72. The number of benzene rings is 2. The van der Waals surface area contributed by atoms with E-state index < -0.39 is 23.0 Å². The van der Waals surface area contributed by atoms with Gasteiger partial charge in [-0.25, -0.2) is 0 Å². The Balaban J connectivity index is 1.86. The van der Waals surface area contributed by atoms with Crippen LogP contribution in [0.25, 0.3) is 0 Å². The van der Waals surface area contributed by atoms with E-state index in [1.165, 1.54) is 16.8 Å². The summed E-state index contributed by atoms with van der Waals surface area (Å²) in [6.07, 6.45) is 3.02. The average Bonchev–Trinajstić information content (AvgIpc) is 3.32. The summed E-state index contributed by atoms with van der Waals surface area (Å²) in [7, 11) is 0. The van der Waals surface area contributed by atoms with Gasteiger partial charge >= 0.3 is 0 Å². The molecule has 1 amide bonds. The Labute approximate surface area is 172 Å². The molecule has 0 bridgehead atoms. The molecule has 1 aliphatic carbocycles. The number of Topliss-reactive ketones (excluding diaryl/α,β-unsaturated/α-hetero) is 1. The summed E-state index contributed by atoms with van der Waals surface area (Å²) in [5, 5.41) is 11.9. The van der Waals surface area contributed by atoms with Crippen LogP contribution < -0.4 is 16.2 Å². The van der Waals surface area contributed by atoms with Gasteiger partial charge in [0.05, 0.1) is 11.1 Å². The smallest absolute Gasteiger partial charge is 0.271 e. The van der Waals surface area contributed by atoms with Gasteiger partial charge < -0.3 is 25.9 Å². The van der Waals surface area contributed by atoms with E-state index in [1.54, 1.807) is 30.5 Å². The topological polar surface area (TPSA) is 121 Å². The predicted octanol–water partition coefficient (Wildman–Crippen LogP) is 2.47. The number of fused-ring (bicyclic) bond motifs is 5. The SMILES string of the molecule is CC(C)c1ccc2c(c1)OC1(O)c3cccc(N)c3C(=O)C21n1ccc(C(N)=O)c1. The molecular weight excluding hydrogens is 382 g/mol. The summed E-state index contributed by atoms with van der Waals surface area (Å²) in [6, 6.07) is 12.0. The van der Waals surface area contributed by atoms with Crippen molar-refractivity contribution in [3.63, 3.8) is 0 Å². The second-order valence-electron chi connectivity index (χ2n) is 8.14. The maximum Gasteiger partial charge on any atom is 0.271 e. The largest absolute Gasteiger partial charge is 0.454 e. The molecule has 1 aromatic heterocycles. The Kier molecular flexibility index (Phi) is 3.53. The van der Waals surface area contributed by atoms with Crippen LogP contribution in [0.1, 0.15) is 57.2 Å². The van der Waals surface area contributed by atoms with Crippen molar-refractivity contribution in [1.82, 2.24) is 4.57 Å². The fourth-order valence-electron chi connectivity index (χ4n) is 4.69. The molecule has 0 radical (unpaired) electrons. The lowest BCUT2D eigenvalue weighted by Gasteiger charge is -2.35. The average molecular weight is 403 g/mol. The molecule has 7 nitrogen and oxygen atoms in total. The Bertz CT molecular complexity index is 1240. The van der Waals surface area contributed by atoms with Crippen LogP contribution in [0, 0.1) is 0 Å². The second kappa shape index (κ2) is 5.73. The molecule has 2 atom stereocenters. The number of nitrogens with zero attached hydrogens (tertiary/aromatic N) is 1. The van der Waals surface area contributed by atoms with Gasteiger partial charge in [-0.15, -0.1) is 0 Å². The number of ketones is 1. The van der Waals surface area contributed by atoms with Crippen LogP contribution in [0.2, 0.25) is 0 Å². The van der Waals surface area contributed by atoms with Gasteiger partial charge in [-0.3, -0.25) is 9.59 Å². The molecule has 2 aromatic carbocycles. The van der Waals surface area contributed by atoms with Crippen LogP contribution in [0.5, 0.6) is 5.75 Å². The van der Waals surface area contributed by atoms with E-state index in [-0.39, 0.29) is 22.7 Å². The van der Waals surface area contributed by atoms with Crippen LogP contribution in [0.3, 0.4) is 0 Å². The van der Waals surface area contributed by atoms with Crippen LogP contribution in [0.15, 0.2) is 54.9 Å². The summed E-state index contributed by atoms with van der Waals surface area (Å²) < 4.78 is 7.64. The summed E-state index contributed by atoms with van der Waals surface area (Å²) in [6.45, 7) is 4.10. The molecule has 1 aliphatic heterocycles. The predicted molar refractivity (Wildman–Crippen MR) is 110 cm³/mol. The quantitative estimate of drug-likeness (QED) is 0.580. The molecule has 152 valence electrons. The first kappa shape index (κ1) is 18.4. The van der Waals surface area contributed by atoms with Crippen molar-refractivity contribution in [2.24, 2.45) is 5.73 Å². The first-order chi connectivity index (χ1) is 14.2. The summed E-state index contributed by atoms with van der Waals surface area (Å²) >= 11 is 0. The van der Waals surface area contributed by atoms with Crippen LogP contribution in [0.4, 0.5) is 5.69 Å². The van der Waals surface area contributed by atoms with Crippen molar-refractivity contribution in [2.75, 3.05) is 5.73 Å². The van der Waals surface area contributed by atoms with Crippen molar-refractivity contribution in [3.8, 4) is 5.75 Å². The molecule has 0 saturated carbocycles. The fraction of sp³-hybridized carbons (Fsp3) is 0.217. The van der Waals surface area contributed by atoms with E-state index in [4.69, 9.17) is 16.2 Å². The fourth-order valence-corrected chi connectivity index (χ4v) is 4.69. The first-order valence-corrected chi connectivity index (χ1v) is 9.69. The zero-order chi connectivity index (χ0) is 21.4. The number of rotatable bonds is 3. The number of nitrogens with two attached hydrogens (primary N) is 2. The van der Waals surface area contributed by atoms with E-state index in [0.717, 1.165) is 5.56 Å². The van der Waals surface area contributed by atoms with Gasteiger partial charge in [0.2, 0.25) is 17.2 Å². The third kappa shape index (κ3) is 1.97. The molecule has 0 saturated heterocycles. The number of carbonyl (C=O) groups is 2. The lowest BCUT2D eigenvalue weighted by Crippen LogP contribution is -2.53. The summed E-state index contributed by atoms with van der Waals surface area (Å²) in [5.41, 5.74) is 12.4. The number of amides is 1. The van der Waals surface area contributed by atoms with Gasteiger partial charge in [0, 0.05) is 29.2 Å². The number of ether oxygens (including phenoxy) is 1. The molecule has 2 aliphatic rings. The second-order valence-corrected chi connectivity index (χ2v) is 8.14. The highest BCUT2D eigenvalue weighted by atomic mass is 16.6. The minimum atomic E-state index is -2.03. The summed E-state index contributed by atoms with van der Waals surface area (Å²) in [5.74, 6) is -2.41. The molecule has 0 spiro atoms. The van der Waals surface area contributed by atoms with Crippen LogP contribution in [-0.2, 0) is 11.3 Å². The molecule has 7 heteroatoms. The van der Waals surface area contributed by atoms with Gasteiger partial charge in [-0.05, 0) is 29.7 Å². The van der Waals surface area contributed by atoms with Gasteiger partial charge in [-0.2, -0.15) is 0 Å². The van der Waals surface area contributed by atoms with Gasteiger partial charge in [-0.1, -0.05) is 38.1 Å². The molecule has 2 heterocycles. The van der Waals surface area contributed by atoms with Crippen molar-refractivity contribution < 1.29 is 19.4 Å². The van der Waals surface area contributed by atoms with Crippen LogP contribution >= 0.6 is 0 Å². The maximum absolute atomic E-state index is 13.9. The van der Waals surface area contributed by atoms with Gasteiger partial charge in [0.15, 0.2) is 0 Å². The Morgan fingerprint density at radius 1 is 1.17 bits per heavy atom. The van der Waals surface area contributed by atoms with Crippen molar-refractivity contribution in [1.29, 1.82) is 0 Å². The van der Waals surface area contributed by atoms with Gasteiger partial charge in [0.25, 0.3) is 5.79 Å². The Hall–Kier alpha value is -3.58. The lowest BCUT2D eigenvalue weighted by atomic mass is 9.82.